The van der Waals surface area contributed by atoms with Crippen molar-refractivity contribution in [1.29, 1.82) is 0 Å². The number of fused-ring (bicyclic) bond motifs is 18. The van der Waals surface area contributed by atoms with E-state index in [-0.39, 0.29) is 0 Å². The van der Waals surface area contributed by atoms with Crippen LogP contribution in [0.5, 0.6) is 0 Å². The molecule has 5 heteroatoms. The molecule has 0 fully saturated rings. The molecule has 0 aliphatic carbocycles. The van der Waals surface area contributed by atoms with E-state index in [1.807, 2.05) is 0 Å². The Kier molecular flexibility index (Phi) is 14.3. The highest BCUT2D eigenvalue weighted by Gasteiger charge is 2.22. The molecule has 23 aromatic rings. The van der Waals surface area contributed by atoms with Gasteiger partial charge in [-0.3, -0.25) is 0 Å². The van der Waals surface area contributed by atoms with Crippen molar-refractivity contribution < 1.29 is 0 Å². The van der Waals surface area contributed by atoms with E-state index in [0.717, 1.165) is 17.1 Å². The van der Waals surface area contributed by atoms with E-state index >= 15 is 0 Å². The third kappa shape index (κ3) is 10.1. The lowest BCUT2D eigenvalue weighted by Gasteiger charge is -2.12. The Labute approximate surface area is 628 Å². The first kappa shape index (κ1) is 61.9. The molecule has 0 spiro atoms. The van der Waals surface area contributed by atoms with Crippen molar-refractivity contribution in [3.05, 3.63) is 406 Å². The number of benzene rings is 18. The van der Waals surface area contributed by atoms with Gasteiger partial charge in [0.2, 0.25) is 0 Å². The second-order valence-electron chi connectivity index (χ2n) is 28.8. The molecule has 23 rings (SSSR count). The molecule has 0 bridgehead atoms. The van der Waals surface area contributed by atoms with Crippen molar-refractivity contribution in [2.24, 2.45) is 0 Å². The Morgan fingerprint density at radius 2 is 0.349 bits per heavy atom. The summed E-state index contributed by atoms with van der Waals surface area (Å²) in [4.78, 5) is 0. The van der Waals surface area contributed by atoms with Gasteiger partial charge in [-0.05, 0) is 212 Å². The average Bonchev–Trinajstić information content (AvgIpc) is 1.60. The summed E-state index contributed by atoms with van der Waals surface area (Å²) in [5, 5.41) is 17.6. The van der Waals surface area contributed by atoms with Crippen LogP contribution in [0.1, 0.15) is 0 Å². The van der Waals surface area contributed by atoms with E-state index < -0.39 is 0 Å². The zero-order valence-electron chi connectivity index (χ0n) is 59.4. The molecule has 18 aromatic carbocycles. The van der Waals surface area contributed by atoms with E-state index in [1.165, 1.54) is 186 Å². The van der Waals surface area contributed by atoms with Gasteiger partial charge in [0.15, 0.2) is 0 Å². The van der Waals surface area contributed by atoms with E-state index in [0.29, 0.717) is 0 Å². The molecule has 0 radical (unpaired) electrons. The third-order valence-corrected chi connectivity index (χ3v) is 22.7. The predicted octanol–water partition coefficient (Wildman–Crippen LogP) is 27.8. The number of para-hydroxylation sites is 6. The summed E-state index contributed by atoms with van der Waals surface area (Å²) in [5.74, 6) is 0. The van der Waals surface area contributed by atoms with Crippen LogP contribution in [0.2, 0.25) is 0 Å². The van der Waals surface area contributed by atoms with E-state index in [9.17, 15) is 0 Å². The number of hydrogen-bond acceptors (Lipinski definition) is 0. The summed E-state index contributed by atoms with van der Waals surface area (Å²) in [6.07, 6.45) is 0. The Morgan fingerprint density at radius 3 is 0.743 bits per heavy atom. The van der Waals surface area contributed by atoms with Gasteiger partial charge in [0.05, 0.1) is 55.2 Å². The highest BCUT2D eigenvalue weighted by molar-refractivity contribution is 6.17. The fraction of sp³-hybridized carbons (Fsp3) is 0. The van der Waals surface area contributed by atoms with Crippen molar-refractivity contribution in [3.63, 3.8) is 0 Å². The van der Waals surface area contributed by atoms with Gasteiger partial charge in [-0.25, -0.2) is 0 Å². The molecule has 0 aliphatic rings. The van der Waals surface area contributed by atoms with Crippen LogP contribution in [0.25, 0.3) is 204 Å². The lowest BCUT2D eigenvalue weighted by atomic mass is 10.0. The Hall–Kier alpha value is -14.5. The SMILES string of the molecule is c1ccc(-c2cccc(-n3c4ccccc4c4cc(-c5ccc6c(c5)c5ccccc5n6-c5ccc6c(c5)c5ccccc5n6-c5ccccc5)ccc43)c2)cc1.c1ccc(-c2cccc(-n3c4ccccc4c4cc(-c5ccc6c(c5)c5ccccc5n6-c5ccc6ccc7ccccc7c6c5)ccc43)c2)cc1. The van der Waals surface area contributed by atoms with Crippen molar-refractivity contribution in [2.45, 2.75) is 0 Å². The van der Waals surface area contributed by atoms with Crippen LogP contribution in [-0.2, 0) is 0 Å². The van der Waals surface area contributed by atoms with E-state index in [1.54, 1.807) is 0 Å². The fourth-order valence-electron chi connectivity index (χ4n) is 17.7. The smallest absolute Gasteiger partial charge is 0.0542 e. The van der Waals surface area contributed by atoms with Crippen LogP contribution in [0.4, 0.5) is 0 Å². The monoisotopic (exact) mass is 1390 g/mol. The van der Waals surface area contributed by atoms with Gasteiger partial charge in [-0.15, -0.1) is 0 Å². The van der Waals surface area contributed by atoms with Gasteiger partial charge in [0.1, 0.15) is 0 Å². The summed E-state index contributed by atoms with van der Waals surface area (Å²) in [6, 6.07) is 148. The zero-order chi connectivity index (χ0) is 71.6. The zero-order valence-corrected chi connectivity index (χ0v) is 59.4. The minimum Gasteiger partial charge on any atom is -0.309 e. The van der Waals surface area contributed by atoms with Gasteiger partial charge in [-0.2, -0.15) is 0 Å². The largest absolute Gasteiger partial charge is 0.309 e. The Bertz CT molecular complexity index is 7590. The molecule has 0 amide bonds. The minimum absolute atomic E-state index is 1.16. The van der Waals surface area contributed by atoms with Crippen molar-refractivity contribution in [3.8, 4) is 72.9 Å². The van der Waals surface area contributed by atoms with Crippen LogP contribution >= 0.6 is 0 Å². The normalized spacial score (nSPS) is 11.9. The van der Waals surface area contributed by atoms with Gasteiger partial charge < -0.3 is 22.8 Å². The summed E-state index contributed by atoms with van der Waals surface area (Å²) < 4.78 is 12.1. The molecule has 5 nitrogen and oxygen atoms in total. The third-order valence-electron chi connectivity index (χ3n) is 22.7. The van der Waals surface area contributed by atoms with Gasteiger partial charge in [-0.1, -0.05) is 261 Å². The molecule has 109 heavy (non-hydrogen) atoms. The first-order valence-electron chi connectivity index (χ1n) is 37.5. The lowest BCUT2D eigenvalue weighted by molar-refractivity contribution is 1.17. The topological polar surface area (TPSA) is 24.6 Å². The van der Waals surface area contributed by atoms with Crippen LogP contribution in [0.15, 0.2) is 406 Å². The standard InChI is InChI=1S/C54H35N3.C50H32N2/c1-3-14-36(15-4-1)37-16-13-19-41(32-37)56-50-24-11-7-20-43(50)46-33-38(26-29-52(46)56)39-27-30-53-47(34-39)44-21-8-12-25-51(44)57(53)42-28-31-54-48(35-42)45-22-9-10-23-49(45)55(54)40-17-5-2-6-18-40;1-2-11-33(12-3-1)36-14-10-15-39(29-36)51-47-19-8-6-17-42(47)45-30-37(24-27-49(45)51)38-25-28-50-46(31-38)43-18-7-9-20-48(43)52(50)40-26-23-35-22-21-34-13-4-5-16-41(34)44(35)32-40/h1-35H;1-32H. The second kappa shape index (κ2) is 25.1. The maximum atomic E-state index is 2.43. The van der Waals surface area contributed by atoms with Crippen LogP contribution in [-0.4, -0.2) is 22.8 Å². The number of aromatic nitrogens is 5. The molecular weight excluding hydrogens is 1320 g/mol. The van der Waals surface area contributed by atoms with E-state index in [4.69, 9.17) is 0 Å². The average molecular weight is 1390 g/mol. The molecule has 0 saturated heterocycles. The molecule has 0 saturated carbocycles. The van der Waals surface area contributed by atoms with Crippen molar-refractivity contribution in [1.82, 2.24) is 22.8 Å². The number of nitrogens with zero attached hydrogens (tertiary/aromatic N) is 5. The predicted molar refractivity (Wildman–Crippen MR) is 461 cm³/mol. The second-order valence-corrected chi connectivity index (χ2v) is 28.8. The molecule has 508 valence electrons. The highest BCUT2D eigenvalue weighted by Crippen LogP contribution is 2.44. The summed E-state index contributed by atoms with van der Waals surface area (Å²) in [5.41, 5.74) is 27.6. The molecule has 5 heterocycles. The van der Waals surface area contributed by atoms with Gasteiger partial charge >= 0.3 is 0 Å². The molecule has 0 N–H and O–H groups in total. The summed E-state index contributed by atoms with van der Waals surface area (Å²) in [6.45, 7) is 0. The molecule has 5 aromatic heterocycles. The van der Waals surface area contributed by atoms with Crippen molar-refractivity contribution >= 4 is 131 Å². The first-order valence-corrected chi connectivity index (χ1v) is 37.5. The van der Waals surface area contributed by atoms with E-state index in [2.05, 4.69) is 429 Å². The van der Waals surface area contributed by atoms with Crippen molar-refractivity contribution in [2.75, 3.05) is 0 Å². The summed E-state index contributed by atoms with van der Waals surface area (Å²) >= 11 is 0. The Balaban J connectivity index is 0.000000135. The first-order chi connectivity index (χ1) is 54.1. The fourth-order valence-corrected chi connectivity index (χ4v) is 17.7. The Morgan fingerprint density at radius 1 is 0.110 bits per heavy atom. The maximum Gasteiger partial charge on any atom is 0.0542 e. The number of rotatable bonds is 9. The quantitative estimate of drug-likeness (QED) is 0.129. The van der Waals surface area contributed by atoms with Gasteiger partial charge in [0.25, 0.3) is 0 Å². The highest BCUT2D eigenvalue weighted by atomic mass is 15.0. The van der Waals surface area contributed by atoms with Crippen LogP contribution in [0.3, 0.4) is 0 Å². The molecule has 0 unspecified atom stereocenters. The molecule has 0 atom stereocenters. The summed E-state index contributed by atoms with van der Waals surface area (Å²) in [7, 11) is 0. The van der Waals surface area contributed by atoms with Gasteiger partial charge in [0, 0.05) is 82.3 Å². The number of hydrogen-bond donors (Lipinski definition) is 0. The lowest BCUT2D eigenvalue weighted by Crippen LogP contribution is -1.95. The molecular formula is C104H67N5. The van der Waals surface area contributed by atoms with Crippen LogP contribution in [0, 0.1) is 0 Å². The maximum absolute atomic E-state index is 2.43. The van der Waals surface area contributed by atoms with Crippen LogP contribution < -0.4 is 0 Å². The minimum atomic E-state index is 1.16. The molecule has 0 aliphatic heterocycles.